The van der Waals surface area contributed by atoms with Gasteiger partial charge in [-0.2, -0.15) is 0 Å². The molecule has 0 amide bonds. The van der Waals surface area contributed by atoms with E-state index in [-0.39, 0.29) is 24.0 Å². The van der Waals surface area contributed by atoms with Gasteiger partial charge in [0, 0.05) is 25.1 Å². The van der Waals surface area contributed by atoms with Crippen LogP contribution in [0.1, 0.15) is 38.2 Å². The predicted octanol–water partition coefficient (Wildman–Crippen LogP) is 4.17. The van der Waals surface area contributed by atoms with Gasteiger partial charge in [-0.05, 0) is 35.4 Å². The van der Waals surface area contributed by atoms with E-state index in [1.807, 2.05) is 36.4 Å². The fraction of sp³-hybridized carbons (Fsp3) is 0.350. The van der Waals surface area contributed by atoms with Gasteiger partial charge >= 0.3 is 11.2 Å². The summed E-state index contributed by atoms with van der Waals surface area (Å²) in [6, 6.07) is 11.5. The van der Waals surface area contributed by atoms with Gasteiger partial charge in [-0.3, -0.25) is 9.59 Å². The Labute approximate surface area is 158 Å². The molecule has 0 aliphatic heterocycles. The fourth-order valence-corrected chi connectivity index (χ4v) is 2.57. The van der Waals surface area contributed by atoms with Gasteiger partial charge in [0.1, 0.15) is 11.5 Å². The van der Waals surface area contributed by atoms with Crippen molar-refractivity contribution in [3.63, 3.8) is 0 Å². The minimum absolute atomic E-state index is 0.0697. The van der Waals surface area contributed by atoms with E-state index in [9.17, 15) is 9.59 Å². The molecule has 0 aliphatic rings. The minimum atomic E-state index is -0.500. The first-order valence-corrected chi connectivity index (χ1v) is 8.83. The molecule has 138 valence electrons. The van der Waals surface area contributed by atoms with E-state index in [1.165, 1.54) is 0 Å². The van der Waals surface area contributed by atoms with Gasteiger partial charge < -0.3 is 14.2 Å². The molecule has 0 radical (unpaired) electrons. The molecule has 2 rings (SSSR count). The van der Waals surface area contributed by atoms with Crippen molar-refractivity contribution >= 4 is 40.0 Å². The van der Waals surface area contributed by atoms with E-state index < -0.39 is 11.9 Å². The SMILES string of the molecule is CCC(=O)CCOC(=S)OC(=O)[C@@H](C)c1ccc2cc(OC)ccc2c1. The Balaban J connectivity index is 1.97. The zero-order valence-corrected chi connectivity index (χ0v) is 15.9. The van der Waals surface area contributed by atoms with E-state index in [1.54, 1.807) is 21.0 Å². The van der Waals surface area contributed by atoms with Crippen LogP contribution >= 0.6 is 12.2 Å². The van der Waals surface area contributed by atoms with Crippen molar-refractivity contribution < 1.29 is 23.8 Å². The second-order valence-corrected chi connectivity index (χ2v) is 6.19. The summed E-state index contributed by atoms with van der Waals surface area (Å²) in [5.74, 6) is -0.146. The lowest BCUT2D eigenvalue weighted by Gasteiger charge is -2.13. The van der Waals surface area contributed by atoms with Crippen LogP contribution in [-0.4, -0.2) is 30.7 Å². The number of carbonyl (C=O) groups is 2. The lowest BCUT2D eigenvalue weighted by Crippen LogP contribution is -2.19. The number of ether oxygens (including phenoxy) is 3. The third-order valence-corrected chi connectivity index (χ3v) is 4.31. The van der Waals surface area contributed by atoms with E-state index in [2.05, 4.69) is 0 Å². The van der Waals surface area contributed by atoms with Crippen molar-refractivity contribution in [1.29, 1.82) is 0 Å². The summed E-state index contributed by atoms with van der Waals surface area (Å²) in [4.78, 5) is 23.5. The highest BCUT2D eigenvalue weighted by Gasteiger charge is 2.20. The Morgan fingerprint density at radius 3 is 2.50 bits per heavy atom. The molecule has 0 N–H and O–H groups in total. The molecule has 0 spiro atoms. The molecule has 0 heterocycles. The minimum Gasteiger partial charge on any atom is -0.497 e. The van der Waals surface area contributed by atoms with Crippen LogP contribution in [0, 0.1) is 0 Å². The molecule has 26 heavy (non-hydrogen) atoms. The van der Waals surface area contributed by atoms with Crippen LogP contribution in [0.4, 0.5) is 0 Å². The van der Waals surface area contributed by atoms with Gasteiger partial charge in [-0.25, -0.2) is 0 Å². The maximum atomic E-state index is 12.3. The molecule has 0 aromatic heterocycles. The van der Waals surface area contributed by atoms with Gasteiger partial charge in [0.05, 0.1) is 19.6 Å². The summed E-state index contributed by atoms with van der Waals surface area (Å²) in [6.07, 6.45) is 0.693. The highest BCUT2D eigenvalue weighted by Crippen LogP contribution is 2.25. The van der Waals surface area contributed by atoms with Gasteiger partial charge in [0.15, 0.2) is 0 Å². The summed E-state index contributed by atoms with van der Waals surface area (Å²) < 4.78 is 15.4. The third kappa shape index (κ3) is 5.26. The Bertz CT molecular complexity index is 815. The highest BCUT2D eigenvalue weighted by atomic mass is 32.1. The maximum Gasteiger partial charge on any atom is 0.360 e. The number of carbonyl (C=O) groups excluding carboxylic acids is 2. The molecule has 2 aromatic rings. The number of esters is 1. The van der Waals surface area contributed by atoms with Crippen molar-refractivity contribution in [2.24, 2.45) is 0 Å². The third-order valence-electron chi connectivity index (χ3n) is 4.10. The maximum absolute atomic E-state index is 12.3. The van der Waals surface area contributed by atoms with Gasteiger partial charge in [-0.15, -0.1) is 0 Å². The van der Waals surface area contributed by atoms with Crippen LogP contribution in [0.15, 0.2) is 36.4 Å². The largest absolute Gasteiger partial charge is 0.497 e. The summed E-state index contributed by atoms with van der Waals surface area (Å²) in [6.45, 7) is 3.64. The van der Waals surface area contributed by atoms with E-state index in [0.717, 1.165) is 22.1 Å². The first-order chi connectivity index (χ1) is 12.4. The smallest absolute Gasteiger partial charge is 0.360 e. The molecular weight excluding hydrogens is 352 g/mol. The zero-order chi connectivity index (χ0) is 19.1. The van der Waals surface area contributed by atoms with Gasteiger partial charge in [0.25, 0.3) is 0 Å². The van der Waals surface area contributed by atoms with Crippen LogP contribution in [0.25, 0.3) is 10.8 Å². The molecule has 0 bridgehead atoms. The Morgan fingerprint density at radius 2 is 1.81 bits per heavy atom. The topological polar surface area (TPSA) is 61.8 Å². The molecule has 2 aromatic carbocycles. The van der Waals surface area contributed by atoms with E-state index in [0.29, 0.717) is 6.42 Å². The second-order valence-electron chi connectivity index (χ2n) is 5.86. The molecule has 0 aliphatic carbocycles. The normalized spacial score (nSPS) is 11.7. The summed E-state index contributed by atoms with van der Waals surface area (Å²) in [5.41, 5.74) is 0.816. The lowest BCUT2D eigenvalue weighted by molar-refractivity contribution is -0.138. The monoisotopic (exact) mass is 374 g/mol. The van der Waals surface area contributed by atoms with Crippen molar-refractivity contribution in [3.8, 4) is 5.75 Å². The lowest BCUT2D eigenvalue weighted by atomic mass is 9.98. The zero-order valence-electron chi connectivity index (χ0n) is 15.1. The molecule has 1 atom stereocenters. The Morgan fingerprint density at radius 1 is 1.12 bits per heavy atom. The molecular formula is C20H22O5S. The number of benzene rings is 2. The fourth-order valence-electron chi connectivity index (χ4n) is 2.40. The van der Waals surface area contributed by atoms with Crippen LogP contribution in [0.2, 0.25) is 0 Å². The standard InChI is InChI=1S/C20H22O5S/c1-4-17(21)9-10-24-20(26)25-19(22)13(2)14-5-6-16-12-18(23-3)8-7-15(16)11-14/h5-8,11-13H,4,9-10H2,1-3H3/t13-/m0/s1. The van der Waals surface area contributed by atoms with Crippen molar-refractivity contribution in [2.45, 2.75) is 32.6 Å². The number of methoxy groups -OCH3 is 1. The van der Waals surface area contributed by atoms with Gasteiger partial charge in [-0.1, -0.05) is 31.2 Å². The highest BCUT2D eigenvalue weighted by molar-refractivity contribution is 7.79. The molecule has 0 saturated carbocycles. The van der Waals surface area contributed by atoms with Crippen molar-refractivity contribution in [2.75, 3.05) is 13.7 Å². The predicted molar refractivity (Wildman–Crippen MR) is 103 cm³/mol. The molecule has 6 heteroatoms. The van der Waals surface area contributed by atoms with Crippen LogP contribution in [-0.2, 0) is 19.1 Å². The number of thiocarbonyl (C=S) groups is 1. The first-order valence-electron chi connectivity index (χ1n) is 8.42. The number of rotatable bonds is 7. The number of Topliss-reactive ketones (excluding diaryl/α,β-unsaturated/α-hetero) is 1. The van der Waals surface area contributed by atoms with E-state index >= 15 is 0 Å². The first kappa shape index (κ1) is 19.8. The van der Waals surface area contributed by atoms with Crippen LogP contribution in [0.3, 0.4) is 0 Å². The number of hydrogen-bond acceptors (Lipinski definition) is 6. The van der Waals surface area contributed by atoms with Crippen LogP contribution < -0.4 is 4.74 Å². The quantitative estimate of drug-likeness (QED) is 0.535. The summed E-state index contributed by atoms with van der Waals surface area (Å²) in [7, 11) is 1.62. The Kier molecular flexibility index (Phi) is 7.09. The Hall–Kier alpha value is -2.47. The van der Waals surface area contributed by atoms with E-state index in [4.69, 9.17) is 26.4 Å². The summed E-state index contributed by atoms with van der Waals surface area (Å²) >= 11 is 4.90. The number of fused-ring (bicyclic) bond motifs is 1. The van der Waals surface area contributed by atoms with Gasteiger partial charge in [0.2, 0.25) is 0 Å². The summed E-state index contributed by atoms with van der Waals surface area (Å²) in [5, 5.41) is 1.77. The molecule has 0 saturated heterocycles. The number of hydrogen-bond donors (Lipinski definition) is 0. The van der Waals surface area contributed by atoms with Crippen molar-refractivity contribution in [1.82, 2.24) is 0 Å². The average molecular weight is 374 g/mol. The molecule has 5 nitrogen and oxygen atoms in total. The second kappa shape index (κ2) is 9.29. The van der Waals surface area contributed by atoms with Crippen LogP contribution in [0.5, 0.6) is 5.75 Å². The molecule has 0 unspecified atom stereocenters. The average Bonchev–Trinajstić information content (AvgIpc) is 2.66. The molecule has 0 fully saturated rings. The number of ketones is 1. The van der Waals surface area contributed by atoms with Crippen molar-refractivity contribution in [3.05, 3.63) is 42.0 Å².